The second-order valence-corrected chi connectivity index (χ2v) is 15.7. The molecule has 12 aliphatic rings. The summed E-state index contributed by atoms with van der Waals surface area (Å²) >= 11 is 0. The van der Waals surface area contributed by atoms with Crippen LogP contribution < -0.4 is 0 Å². The molecule has 0 N–H and O–H groups in total. The van der Waals surface area contributed by atoms with Crippen molar-refractivity contribution in [1.29, 1.82) is 0 Å². The van der Waals surface area contributed by atoms with E-state index in [-0.39, 0.29) is 22.4 Å². The summed E-state index contributed by atoms with van der Waals surface area (Å²) in [6.07, 6.45) is 25.8. The first-order valence-electron chi connectivity index (χ1n) is 14.9. The standard InChI is InChI=1S/C30H44O2/c1-19-2-21-3-20(1)9-27(8-19,10-21)31-29-14-25-7-26(15-29)17-30(16-25,18-29)32-28-11-22-4-23(12-28)6-24(5-22)13-28/h19-26H,1-18H2. The van der Waals surface area contributed by atoms with E-state index in [1.807, 2.05) is 0 Å². The van der Waals surface area contributed by atoms with Crippen LogP contribution in [0.5, 0.6) is 0 Å². The van der Waals surface area contributed by atoms with E-state index in [9.17, 15) is 0 Å². The van der Waals surface area contributed by atoms with Gasteiger partial charge in [0.1, 0.15) is 0 Å². The highest BCUT2D eigenvalue weighted by atomic mass is 16.5. The molecule has 0 atom stereocenters. The smallest absolute Gasteiger partial charge is 0.0722 e. The molecule has 2 heteroatoms. The summed E-state index contributed by atoms with van der Waals surface area (Å²) in [4.78, 5) is 0. The third-order valence-electron chi connectivity index (χ3n) is 12.8. The Morgan fingerprint density at radius 1 is 0.312 bits per heavy atom. The maximum absolute atomic E-state index is 7.62. The predicted octanol–water partition coefficient (Wildman–Crippen LogP) is 7.05. The molecule has 0 aromatic carbocycles. The van der Waals surface area contributed by atoms with Crippen LogP contribution in [0.1, 0.15) is 116 Å². The molecule has 0 spiro atoms. The summed E-state index contributed by atoms with van der Waals surface area (Å²) in [5.41, 5.74) is 0.890. The highest BCUT2D eigenvalue weighted by Crippen LogP contribution is 2.67. The molecule has 0 aromatic heterocycles. The number of hydrogen-bond donors (Lipinski definition) is 0. The van der Waals surface area contributed by atoms with E-state index >= 15 is 0 Å². The largest absolute Gasteiger partial charge is 0.368 e. The van der Waals surface area contributed by atoms with E-state index in [1.165, 1.54) is 116 Å². The lowest BCUT2D eigenvalue weighted by molar-refractivity contribution is -0.322. The number of hydrogen-bond acceptors (Lipinski definition) is 2. The second kappa shape index (κ2) is 6.00. The van der Waals surface area contributed by atoms with Crippen LogP contribution >= 0.6 is 0 Å². The van der Waals surface area contributed by atoms with Crippen molar-refractivity contribution >= 4 is 0 Å². The molecule has 12 fully saturated rings. The van der Waals surface area contributed by atoms with E-state index in [2.05, 4.69) is 0 Å². The summed E-state index contributed by atoms with van der Waals surface area (Å²) in [7, 11) is 0. The van der Waals surface area contributed by atoms with Gasteiger partial charge in [-0.1, -0.05) is 0 Å². The van der Waals surface area contributed by atoms with Gasteiger partial charge < -0.3 is 9.47 Å². The van der Waals surface area contributed by atoms with Gasteiger partial charge in [0.2, 0.25) is 0 Å². The van der Waals surface area contributed by atoms with Gasteiger partial charge in [-0.15, -0.1) is 0 Å². The van der Waals surface area contributed by atoms with Crippen LogP contribution in [0.3, 0.4) is 0 Å². The quantitative estimate of drug-likeness (QED) is 0.470. The van der Waals surface area contributed by atoms with Gasteiger partial charge in [0.25, 0.3) is 0 Å². The van der Waals surface area contributed by atoms with E-state index in [0.29, 0.717) is 0 Å². The normalized spacial score (nSPS) is 65.2. The van der Waals surface area contributed by atoms with E-state index in [1.54, 1.807) is 0 Å². The Morgan fingerprint density at radius 3 is 0.875 bits per heavy atom. The molecule has 176 valence electrons. The molecule has 0 heterocycles. The zero-order chi connectivity index (χ0) is 20.8. The van der Waals surface area contributed by atoms with Crippen molar-refractivity contribution in [1.82, 2.24) is 0 Å². The van der Waals surface area contributed by atoms with Crippen LogP contribution in [0.15, 0.2) is 0 Å². The van der Waals surface area contributed by atoms with Gasteiger partial charge in [0.15, 0.2) is 0 Å². The van der Waals surface area contributed by atoms with Gasteiger partial charge in [0, 0.05) is 6.42 Å². The lowest BCUT2D eigenvalue weighted by Gasteiger charge is -2.67. The van der Waals surface area contributed by atoms with Crippen LogP contribution in [0.25, 0.3) is 0 Å². The van der Waals surface area contributed by atoms with Gasteiger partial charge in [-0.05, 0) is 156 Å². The maximum atomic E-state index is 7.62. The summed E-state index contributed by atoms with van der Waals surface area (Å²) in [5, 5.41) is 0. The van der Waals surface area contributed by atoms with Crippen molar-refractivity contribution in [3.05, 3.63) is 0 Å². The zero-order valence-electron chi connectivity index (χ0n) is 20.2. The second-order valence-electron chi connectivity index (χ2n) is 15.7. The highest BCUT2D eigenvalue weighted by Gasteiger charge is 2.65. The molecule has 0 unspecified atom stereocenters. The Bertz CT molecular complexity index is 678. The lowest BCUT2D eigenvalue weighted by Crippen LogP contribution is -2.67. The minimum Gasteiger partial charge on any atom is -0.368 e. The summed E-state index contributed by atoms with van der Waals surface area (Å²) in [6.45, 7) is 0. The summed E-state index contributed by atoms with van der Waals surface area (Å²) in [6, 6.07) is 0. The Kier molecular flexibility index (Phi) is 3.59. The topological polar surface area (TPSA) is 18.5 Å². The van der Waals surface area contributed by atoms with Crippen molar-refractivity contribution in [3.63, 3.8) is 0 Å². The average molecular weight is 437 g/mol. The van der Waals surface area contributed by atoms with Crippen molar-refractivity contribution in [2.24, 2.45) is 47.3 Å². The Morgan fingerprint density at radius 2 is 0.562 bits per heavy atom. The van der Waals surface area contributed by atoms with Gasteiger partial charge in [-0.3, -0.25) is 0 Å². The third kappa shape index (κ3) is 2.72. The first-order valence-corrected chi connectivity index (χ1v) is 14.9. The molecule has 12 saturated carbocycles. The molecule has 0 amide bonds. The van der Waals surface area contributed by atoms with Crippen LogP contribution in [0.4, 0.5) is 0 Å². The third-order valence-corrected chi connectivity index (χ3v) is 12.8. The Hall–Kier alpha value is -0.0800. The highest BCUT2D eigenvalue weighted by molar-refractivity contribution is 5.15. The van der Waals surface area contributed by atoms with Crippen molar-refractivity contribution in [3.8, 4) is 0 Å². The minimum absolute atomic E-state index is 0.179. The summed E-state index contributed by atoms with van der Waals surface area (Å²) < 4.78 is 15.2. The molecule has 0 radical (unpaired) electrons. The Labute approximate surface area is 194 Å². The fourth-order valence-electron chi connectivity index (χ4n) is 13.6. The van der Waals surface area contributed by atoms with Crippen LogP contribution in [0, 0.1) is 47.3 Å². The maximum Gasteiger partial charge on any atom is 0.0722 e. The van der Waals surface area contributed by atoms with E-state index in [0.717, 1.165) is 47.3 Å². The van der Waals surface area contributed by atoms with Gasteiger partial charge in [0.05, 0.1) is 22.4 Å². The predicted molar refractivity (Wildman–Crippen MR) is 124 cm³/mol. The van der Waals surface area contributed by atoms with E-state index in [4.69, 9.17) is 9.47 Å². The SMILES string of the molecule is C1C2CC3CC1CC(OC14CC5CC(C1)CC(OC16CC7CC(CC(C7)C1)C6)(C5)C4)(C2)C3. The summed E-state index contributed by atoms with van der Waals surface area (Å²) in [5.74, 6) is 7.73. The zero-order valence-corrected chi connectivity index (χ0v) is 20.2. The van der Waals surface area contributed by atoms with Crippen molar-refractivity contribution < 1.29 is 9.47 Å². The van der Waals surface area contributed by atoms with Crippen molar-refractivity contribution in [2.75, 3.05) is 0 Å². The van der Waals surface area contributed by atoms with Crippen LogP contribution in [0.2, 0.25) is 0 Å². The fraction of sp³-hybridized carbons (Fsp3) is 1.00. The molecule has 2 nitrogen and oxygen atoms in total. The lowest BCUT2D eigenvalue weighted by atomic mass is 9.50. The number of ether oxygens (including phenoxy) is 2. The molecule has 12 aliphatic carbocycles. The van der Waals surface area contributed by atoms with Crippen LogP contribution in [-0.4, -0.2) is 22.4 Å². The molecule has 0 aromatic rings. The molecule has 12 rings (SSSR count). The molecule has 0 saturated heterocycles. The molecule has 0 aliphatic heterocycles. The Balaban J connectivity index is 1.02. The molecular weight excluding hydrogens is 392 g/mol. The molecule has 32 heavy (non-hydrogen) atoms. The minimum atomic E-state index is 0.179. The van der Waals surface area contributed by atoms with Gasteiger partial charge >= 0.3 is 0 Å². The van der Waals surface area contributed by atoms with Gasteiger partial charge in [-0.2, -0.15) is 0 Å². The first-order chi connectivity index (χ1) is 15.5. The molecule has 12 bridgehead atoms. The molecular formula is C30H44O2. The van der Waals surface area contributed by atoms with E-state index < -0.39 is 0 Å². The fourth-order valence-corrected chi connectivity index (χ4v) is 13.6. The van der Waals surface area contributed by atoms with Crippen LogP contribution in [-0.2, 0) is 9.47 Å². The average Bonchev–Trinajstić information content (AvgIpc) is 2.62. The first kappa shape index (κ1) is 19.1. The van der Waals surface area contributed by atoms with Crippen molar-refractivity contribution in [2.45, 2.75) is 138 Å². The monoisotopic (exact) mass is 436 g/mol. The van der Waals surface area contributed by atoms with Gasteiger partial charge in [-0.25, -0.2) is 0 Å². The number of rotatable bonds is 4.